The molecular formula is C16H22FN3O2. The van der Waals surface area contributed by atoms with Crippen LogP contribution in [0, 0.1) is 5.82 Å². The van der Waals surface area contributed by atoms with Crippen molar-refractivity contribution in [2.24, 2.45) is 0 Å². The third kappa shape index (κ3) is 6.24. The van der Waals surface area contributed by atoms with Gasteiger partial charge >= 0.3 is 6.03 Å². The Morgan fingerprint density at radius 1 is 1.27 bits per heavy atom. The lowest BCUT2D eigenvalue weighted by Crippen LogP contribution is -2.39. The van der Waals surface area contributed by atoms with Gasteiger partial charge in [0.05, 0.1) is 13.2 Å². The molecule has 1 aliphatic rings. The van der Waals surface area contributed by atoms with E-state index in [2.05, 4.69) is 15.5 Å². The van der Waals surface area contributed by atoms with E-state index < -0.39 is 0 Å². The number of hydrogen-bond donors (Lipinski definition) is 2. The second kappa shape index (κ2) is 9.17. The smallest absolute Gasteiger partial charge is 0.318 e. The van der Waals surface area contributed by atoms with Crippen LogP contribution in [0.25, 0.3) is 6.08 Å². The van der Waals surface area contributed by atoms with Gasteiger partial charge in [0.15, 0.2) is 0 Å². The molecule has 1 aromatic rings. The van der Waals surface area contributed by atoms with E-state index in [1.54, 1.807) is 24.4 Å². The monoisotopic (exact) mass is 307 g/mol. The maximum atomic E-state index is 12.7. The first kappa shape index (κ1) is 16.5. The third-order valence-electron chi connectivity index (χ3n) is 3.40. The minimum atomic E-state index is -0.275. The van der Waals surface area contributed by atoms with Gasteiger partial charge in [-0.2, -0.15) is 0 Å². The molecular weight excluding hydrogens is 285 g/mol. The zero-order valence-corrected chi connectivity index (χ0v) is 12.6. The van der Waals surface area contributed by atoms with Gasteiger partial charge in [0.2, 0.25) is 0 Å². The Morgan fingerprint density at radius 2 is 2.00 bits per heavy atom. The normalized spacial score (nSPS) is 15.9. The summed E-state index contributed by atoms with van der Waals surface area (Å²) >= 11 is 0. The Bertz CT molecular complexity index is 485. The molecule has 5 nitrogen and oxygen atoms in total. The van der Waals surface area contributed by atoms with Crippen molar-refractivity contribution in [1.29, 1.82) is 0 Å². The molecule has 0 unspecified atom stereocenters. The summed E-state index contributed by atoms with van der Waals surface area (Å²) in [5, 5.41) is 5.42. The van der Waals surface area contributed by atoms with Crippen LogP contribution in [0.1, 0.15) is 12.0 Å². The predicted octanol–water partition coefficient (Wildman–Crippen LogP) is 1.82. The summed E-state index contributed by atoms with van der Waals surface area (Å²) in [5.74, 6) is -0.275. The number of morpholine rings is 1. The van der Waals surface area contributed by atoms with Gasteiger partial charge < -0.3 is 15.4 Å². The van der Waals surface area contributed by atoms with Crippen LogP contribution in [0.4, 0.5) is 9.18 Å². The van der Waals surface area contributed by atoms with Gasteiger partial charge in [-0.25, -0.2) is 9.18 Å². The van der Waals surface area contributed by atoms with E-state index in [-0.39, 0.29) is 11.8 Å². The Balaban J connectivity index is 1.56. The molecule has 1 fully saturated rings. The zero-order valence-electron chi connectivity index (χ0n) is 12.6. The first-order valence-corrected chi connectivity index (χ1v) is 7.50. The number of ether oxygens (including phenoxy) is 1. The average Bonchev–Trinajstić information content (AvgIpc) is 2.54. The van der Waals surface area contributed by atoms with Gasteiger partial charge in [0.1, 0.15) is 5.82 Å². The predicted molar refractivity (Wildman–Crippen MR) is 83.8 cm³/mol. The maximum absolute atomic E-state index is 12.7. The highest BCUT2D eigenvalue weighted by Gasteiger charge is 2.09. The summed E-state index contributed by atoms with van der Waals surface area (Å²) in [6, 6.07) is 5.82. The molecule has 1 aromatic carbocycles. The summed E-state index contributed by atoms with van der Waals surface area (Å²) in [6.07, 6.45) is 4.17. The van der Waals surface area contributed by atoms with Crippen LogP contribution in [-0.2, 0) is 4.74 Å². The molecule has 6 heteroatoms. The summed E-state index contributed by atoms with van der Waals surface area (Å²) in [5.41, 5.74) is 0.828. The molecule has 1 heterocycles. The van der Waals surface area contributed by atoms with Crippen molar-refractivity contribution in [3.63, 3.8) is 0 Å². The number of amides is 2. The van der Waals surface area contributed by atoms with E-state index >= 15 is 0 Å². The fraction of sp³-hybridized carbons (Fsp3) is 0.438. The Hall–Kier alpha value is -1.92. The molecule has 22 heavy (non-hydrogen) atoms. The summed E-state index contributed by atoms with van der Waals surface area (Å²) < 4.78 is 18.0. The van der Waals surface area contributed by atoms with Crippen LogP contribution in [0.15, 0.2) is 30.5 Å². The minimum absolute atomic E-state index is 0.236. The highest BCUT2D eigenvalue weighted by atomic mass is 19.1. The molecule has 0 spiro atoms. The average molecular weight is 307 g/mol. The number of hydrogen-bond acceptors (Lipinski definition) is 3. The van der Waals surface area contributed by atoms with E-state index in [1.807, 2.05) is 0 Å². The van der Waals surface area contributed by atoms with Crippen LogP contribution in [0.3, 0.4) is 0 Å². The zero-order chi connectivity index (χ0) is 15.6. The van der Waals surface area contributed by atoms with Gasteiger partial charge in [-0.3, -0.25) is 4.90 Å². The molecule has 120 valence electrons. The van der Waals surface area contributed by atoms with E-state index in [1.165, 1.54) is 12.1 Å². The van der Waals surface area contributed by atoms with Gasteiger partial charge in [0.25, 0.3) is 0 Å². The number of halogens is 1. The Kier molecular flexibility index (Phi) is 6.86. The fourth-order valence-corrected chi connectivity index (χ4v) is 2.17. The van der Waals surface area contributed by atoms with Crippen molar-refractivity contribution in [2.75, 3.05) is 39.4 Å². The number of rotatable bonds is 6. The largest absolute Gasteiger partial charge is 0.379 e. The molecule has 0 saturated carbocycles. The van der Waals surface area contributed by atoms with Crippen LogP contribution in [0.5, 0.6) is 0 Å². The topological polar surface area (TPSA) is 53.6 Å². The number of nitrogens with one attached hydrogen (secondary N) is 2. The van der Waals surface area contributed by atoms with Crippen molar-refractivity contribution in [2.45, 2.75) is 6.42 Å². The van der Waals surface area contributed by atoms with Crippen molar-refractivity contribution in [3.8, 4) is 0 Å². The maximum Gasteiger partial charge on any atom is 0.318 e. The van der Waals surface area contributed by atoms with E-state index in [4.69, 9.17) is 4.74 Å². The third-order valence-corrected chi connectivity index (χ3v) is 3.40. The van der Waals surface area contributed by atoms with Crippen molar-refractivity contribution >= 4 is 12.1 Å². The summed E-state index contributed by atoms with van der Waals surface area (Å²) in [7, 11) is 0. The molecule has 0 radical (unpaired) electrons. The quantitative estimate of drug-likeness (QED) is 0.788. The van der Waals surface area contributed by atoms with Crippen LogP contribution >= 0.6 is 0 Å². The second-order valence-electron chi connectivity index (χ2n) is 5.09. The first-order valence-electron chi connectivity index (χ1n) is 7.50. The van der Waals surface area contributed by atoms with Crippen molar-refractivity contribution in [3.05, 3.63) is 41.8 Å². The van der Waals surface area contributed by atoms with Crippen molar-refractivity contribution in [1.82, 2.24) is 15.5 Å². The molecule has 1 aliphatic heterocycles. The Morgan fingerprint density at radius 3 is 2.73 bits per heavy atom. The second-order valence-corrected chi connectivity index (χ2v) is 5.09. The lowest BCUT2D eigenvalue weighted by atomic mass is 10.2. The lowest BCUT2D eigenvalue weighted by Gasteiger charge is -2.26. The van der Waals surface area contributed by atoms with Gasteiger partial charge in [0, 0.05) is 25.8 Å². The summed E-state index contributed by atoms with van der Waals surface area (Å²) in [6.45, 7) is 5.12. The van der Waals surface area contributed by atoms with Gasteiger partial charge in [-0.1, -0.05) is 12.1 Å². The standard InChI is InChI=1S/C16H22FN3O2/c17-15-4-2-14(3-5-15)6-8-19-16(21)18-7-1-9-20-10-12-22-13-11-20/h2-6,8H,1,7,9-13H2,(H2,18,19,21)/b8-6+. The van der Waals surface area contributed by atoms with Crippen LogP contribution < -0.4 is 10.6 Å². The number of nitrogens with zero attached hydrogens (tertiary/aromatic N) is 1. The van der Waals surface area contributed by atoms with E-state index in [0.29, 0.717) is 6.54 Å². The van der Waals surface area contributed by atoms with E-state index in [9.17, 15) is 9.18 Å². The van der Waals surface area contributed by atoms with Crippen LogP contribution in [0.2, 0.25) is 0 Å². The molecule has 0 aromatic heterocycles. The van der Waals surface area contributed by atoms with Gasteiger partial charge in [-0.05, 0) is 36.7 Å². The van der Waals surface area contributed by atoms with Crippen molar-refractivity contribution < 1.29 is 13.9 Å². The summed E-state index contributed by atoms with van der Waals surface area (Å²) in [4.78, 5) is 13.9. The minimum Gasteiger partial charge on any atom is -0.379 e. The fourth-order valence-electron chi connectivity index (χ4n) is 2.17. The molecule has 2 N–H and O–H groups in total. The number of benzene rings is 1. The van der Waals surface area contributed by atoms with Gasteiger partial charge in [-0.15, -0.1) is 0 Å². The lowest BCUT2D eigenvalue weighted by molar-refractivity contribution is 0.0375. The molecule has 0 atom stereocenters. The highest BCUT2D eigenvalue weighted by Crippen LogP contribution is 2.03. The number of urea groups is 1. The molecule has 2 rings (SSSR count). The highest BCUT2D eigenvalue weighted by molar-refractivity contribution is 5.75. The molecule has 0 bridgehead atoms. The van der Waals surface area contributed by atoms with E-state index in [0.717, 1.165) is 44.8 Å². The molecule has 0 aliphatic carbocycles. The molecule has 2 amide bonds. The number of carbonyl (C=O) groups excluding carboxylic acids is 1. The number of carbonyl (C=O) groups is 1. The SMILES string of the molecule is O=C(N/C=C/c1ccc(F)cc1)NCCCN1CCOCC1. The first-order chi connectivity index (χ1) is 10.7. The Labute approximate surface area is 130 Å². The van der Waals surface area contributed by atoms with Crippen LogP contribution in [-0.4, -0.2) is 50.3 Å². The molecule has 1 saturated heterocycles.